The maximum atomic E-state index is 9.25. The SMILES string of the molecule is NC(=NCCC1(CO)CC1)Nc1ccc2c(c1)CCC2. The number of fused-ring (bicyclic) bond motifs is 1. The molecule has 0 heterocycles. The monoisotopic (exact) mass is 273 g/mol. The average molecular weight is 273 g/mol. The molecule has 2 aliphatic rings. The number of nitrogens with one attached hydrogen (secondary N) is 1. The number of hydrogen-bond donors (Lipinski definition) is 3. The molecule has 108 valence electrons. The molecular weight excluding hydrogens is 250 g/mol. The lowest BCUT2D eigenvalue weighted by Crippen LogP contribution is -2.23. The zero-order valence-corrected chi connectivity index (χ0v) is 11.9. The van der Waals surface area contributed by atoms with Crippen LogP contribution in [0.2, 0.25) is 0 Å². The second-order valence-electron chi connectivity index (χ2n) is 6.14. The lowest BCUT2D eigenvalue weighted by molar-refractivity contribution is 0.205. The van der Waals surface area contributed by atoms with Gasteiger partial charge in [-0.1, -0.05) is 6.07 Å². The Kier molecular flexibility index (Phi) is 3.66. The summed E-state index contributed by atoms with van der Waals surface area (Å²) in [5.74, 6) is 0.469. The summed E-state index contributed by atoms with van der Waals surface area (Å²) in [7, 11) is 0. The van der Waals surface area contributed by atoms with E-state index in [0.717, 1.165) is 24.9 Å². The molecule has 0 radical (unpaired) electrons. The third-order valence-electron chi connectivity index (χ3n) is 4.59. The van der Waals surface area contributed by atoms with E-state index in [9.17, 15) is 5.11 Å². The normalized spacial score (nSPS) is 19.8. The number of hydrogen-bond acceptors (Lipinski definition) is 2. The molecule has 20 heavy (non-hydrogen) atoms. The van der Waals surface area contributed by atoms with Crippen LogP contribution in [0.4, 0.5) is 5.69 Å². The number of guanidine groups is 1. The van der Waals surface area contributed by atoms with Gasteiger partial charge in [0.15, 0.2) is 5.96 Å². The van der Waals surface area contributed by atoms with Crippen LogP contribution < -0.4 is 11.1 Å². The van der Waals surface area contributed by atoms with Gasteiger partial charge in [-0.2, -0.15) is 0 Å². The van der Waals surface area contributed by atoms with E-state index in [1.54, 1.807) is 0 Å². The lowest BCUT2D eigenvalue weighted by Gasteiger charge is -2.10. The van der Waals surface area contributed by atoms with Crippen molar-refractivity contribution in [2.45, 2.75) is 38.5 Å². The van der Waals surface area contributed by atoms with Crippen molar-refractivity contribution in [2.24, 2.45) is 16.1 Å². The second kappa shape index (κ2) is 5.44. The Hall–Kier alpha value is -1.55. The number of benzene rings is 1. The van der Waals surface area contributed by atoms with Crippen LogP contribution in [0.1, 0.15) is 36.8 Å². The molecule has 4 nitrogen and oxygen atoms in total. The van der Waals surface area contributed by atoms with Crippen molar-refractivity contribution in [1.29, 1.82) is 0 Å². The first-order chi connectivity index (χ1) is 9.71. The van der Waals surface area contributed by atoms with Gasteiger partial charge >= 0.3 is 0 Å². The molecule has 1 fully saturated rings. The fourth-order valence-corrected chi connectivity index (χ4v) is 2.91. The highest BCUT2D eigenvalue weighted by atomic mass is 16.3. The predicted octanol–water partition coefficient (Wildman–Crippen LogP) is 2.06. The third kappa shape index (κ3) is 2.96. The van der Waals surface area contributed by atoms with Gasteiger partial charge in [-0.25, -0.2) is 0 Å². The maximum absolute atomic E-state index is 9.25. The largest absolute Gasteiger partial charge is 0.396 e. The third-order valence-corrected chi connectivity index (χ3v) is 4.59. The van der Waals surface area contributed by atoms with Crippen LogP contribution in [0.3, 0.4) is 0 Å². The van der Waals surface area contributed by atoms with E-state index in [0.29, 0.717) is 12.5 Å². The highest BCUT2D eigenvalue weighted by molar-refractivity contribution is 5.92. The molecular formula is C16H23N3O. The van der Waals surface area contributed by atoms with Gasteiger partial charge in [0, 0.05) is 18.8 Å². The van der Waals surface area contributed by atoms with E-state index in [1.165, 1.54) is 30.4 Å². The van der Waals surface area contributed by atoms with Crippen molar-refractivity contribution in [3.63, 3.8) is 0 Å². The number of aryl methyl sites for hydroxylation is 2. The smallest absolute Gasteiger partial charge is 0.193 e. The summed E-state index contributed by atoms with van der Waals surface area (Å²) in [5, 5.41) is 12.4. The van der Waals surface area contributed by atoms with Gasteiger partial charge in [0.05, 0.1) is 0 Å². The fraction of sp³-hybridized carbons (Fsp3) is 0.562. The summed E-state index contributed by atoms with van der Waals surface area (Å²) in [6, 6.07) is 6.44. The van der Waals surface area contributed by atoms with E-state index in [-0.39, 0.29) is 12.0 Å². The fourth-order valence-electron chi connectivity index (χ4n) is 2.91. The molecule has 3 rings (SSSR count). The molecule has 1 aromatic rings. The number of nitrogens with zero attached hydrogens (tertiary/aromatic N) is 1. The Bertz CT molecular complexity index is 520. The van der Waals surface area contributed by atoms with Crippen molar-refractivity contribution >= 4 is 11.6 Å². The summed E-state index contributed by atoms with van der Waals surface area (Å²) in [6.07, 6.45) is 6.79. The number of aliphatic imine (C=N–C) groups is 1. The van der Waals surface area contributed by atoms with Crippen molar-refractivity contribution in [2.75, 3.05) is 18.5 Å². The number of aliphatic hydroxyl groups is 1. The topological polar surface area (TPSA) is 70.6 Å². The van der Waals surface area contributed by atoms with Gasteiger partial charge in [-0.15, -0.1) is 0 Å². The first kappa shape index (κ1) is 13.4. The van der Waals surface area contributed by atoms with E-state index in [2.05, 4.69) is 28.5 Å². The van der Waals surface area contributed by atoms with Crippen LogP contribution in [-0.4, -0.2) is 24.2 Å². The number of rotatable bonds is 5. The summed E-state index contributed by atoms with van der Waals surface area (Å²) >= 11 is 0. The zero-order valence-electron chi connectivity index (χ0n) is 11.9. The molecule has 0 unspecified atom stereocenters. The molecule has 0 saturated heterocycles. The Balaban J connectivity index is 1.54. The van der Waals surface area contributed by atoms with Crippen LogP contribution >= 0.6 is 0 Å². The van der Waals surface area contributed by atoms with Gasteiger partial charge in [0.25, 0.3) is 0 Å². The highest BCUT2D eigenvalue weighted by Gasteiger charge is 2.41. The van der Waals surface area contributed by atoms with Gasteiger partial charge in [-0.3, -0.25) is 4.99 Å². The van der Waals surface area contributed by atoms with E-state index in [1.807, 2.05) is 0 Å². The van der Waals surface area contributed by atoms with Crippen molar-refractivity contribution in [3.8, 4) is 0 Å². The average Bonchev–Trinajstić information content (AvgIpc) is 3.07. The standard InChI is InChI=1S/C16H23N3O/c17-15(18-9-8-16(11-20)6-7-16)19-14-5-4-12-2-1-3-13(12)10-14/h4-5,10,20H,1-3,6-9,11H2,(H3,17,18,19). The summed E-state index contributed by atoms with van der Waals surface area (Å²) in [6.45, 7) is 0.963. The molecule has 1 aromatic carbocycles. The van der Waals surface area contributed by atoms with Crippen molar-refractivity contribution in [3.05, 3.63) is 29.3 Å². The van der Waals surface area contributed by atoms with E-state index < -0.39 is 0 Å². The van der Waals surface area contributed by atoms with Gasteiger partial charge in [0.2, 0.25) is 0 Å². The minimum atomic E-state index is 0.150. The molecule has 4 N–H and O–H groups in total. The highest BCUT2D eigenvalue weighted by Crippen LogP contribution is 2.48. The number of anilines is 1. The molecule has 0 atom stereocenters. The Morgan fingerprint density at radius 2 is 2.10 bits per heavy atom. The summed E-state index contributed by atoms with van der Waals surface area (Å²) < 4.78 is 0. The molecule has 0 aromatic heterocycles. The molecule has 0 spiro atoms. The lowest BCUT2D eigenvalue weighted by atomic mass is 10.0. The molecule has 1 saturated carbocycles. The van der Waals surface area contributed by atoms with Crippen LogP contribution in [-0.2, 0) is 12.8 Å². The first-order valence-electron chi connectivity index (χ1n) is 7.50. The van der Waals surface area contributed by atoms with Crippen molar-refractivity contribution < 1.29 is 5.11 Å². The molecule has 0 bridgehead atoms. The molecule has 0 amide bonds. The van der Waals surface area contributed by atoms with Crippen LogP contribution in [0.25, 0.3) is 0 Å². The van der Waals surface area contributed by atoms with Crippen molar-refractivity contribution in [1.82, 2.24) is 0 Å². The minimum Gasteiger partial charge on any atom is -0.396 e. The molecule has 0 aliphatic heterocycles. The number of aliphatic hydroxyl groups excluding tert-OH is 1. The summed E-state index contributed by atoms with van der Waals surface area (Å²) in [4.78, 5) is 4.36. The quantitative estimate of drug-likeness (QED) is 0.568. The van der Waals surface area contributed by atoms with Gasteiger partial charge < -0.3 is 16.2 Å². The maximum Gasteiger partial charge on any atom is 0.193 e. The van der Waals surface area contributed by atoms with Crippen LogP contribution in [0, 0.1) is 5.41 Å². The molecule has 4 heteroatoms. The number of nitrogens with two attached hydrogens (primary N) is 1. The van der Waals surface area contributed by atoms with Gasteiger partial charge in [-0.05, 0) is 67.2 Å². The van der Waals surface area contributed by atoms with E-state index in [4.69, 9.17) is 5.73 Å². The Morgan fingerprint density at radius 3 is 2.85 bits per heavy atom. The minimum absolute atomic E-state index is 0.150. The Morgan fingerprint density at radius 1 is 1.30 bits per heavy atom. The van der Waals surface area contributed by atoms with Crippen LogP contribution in [0.15, 0.2) is 23.2 Å². The second-order valence-corrected chi connectivity index (χ2v) is 6.14. The Labute approximate surface area is 120 Å². The van der Waals surface area contributed by atoms with Crippen LogP contribution in [0.5, 0.6) is 0 Å². The first-order valence-corrected chi connectivity index (χ1v) is 7.50. The molecule has 2 aliphatic carbocycles. The summed E-state index contributed by atoms with van der Waals surface area (Å²) in [5.41, 5.74) is 9.99. The zero-order chi connectivity index (χ0) is 14.0. The van der Waals surface area contributed by atoms with Gasteiger partial charge in [0.1, 0.15) is 0 Å². The van der Waals surface area contributed by atoms with E-state index >= 15 is 0 Å². The predicted molar refractivity (Wildman–Crippen MR) is 81.9 cm³/mol.